The van der Waals surface area contributed by atoms with Gasteiger partial charge in [0, 0.05) is 12.0 Å². The summed E-state index contributed by atoms with van der Waals surface area (Å²) < 4.78 is 4.96. The van der Waals surface area contributed by atoms with Gasteiger partial charge in [-0.3, -0.25) is 4.79 Å². The van der Waals surface area contributed by atoms with E-state index in [1.54, 1.807) is 0 Å². The van der Waals surface area contributed by atoms with Crippen LogP contribution in [0.1, 0.15) is 44.1 Å². The highest BCUT2D eigenvalue weighted by atomic mass is 16.5. The summed E-state index contributed by atoms with van der Waals surface area (Å²) in [6.45, 7) is 2.08. The standard InChI is InChI=1S/C16H23NO2/c1-12(13-8-4-3-5-9-13)15(16(18)19-2)17-14-10-6-7-11-14/h3-5,8-9,12,14-15,17H,6-7,10-11H2,1-2H3. The van der Waals surface area contributed by atoms with E-state index in [0.29, 0.717) is 6.04 Å². The molecule has 0 bridgehead atoms. The van der Waals surface area contributed by atoms with Crippen LogP contribution in [0, 0.1) is 0 Å². The molecule has 2 rings (SSSR count). The molecule has 0 amide bonds. The van der Waals surface area contributed by atoms with Gasteiger partial charge in [-0.25, -0.2) is 0 Å². The van der Waals surface area contributed by atoms with Gasteiger partial charge >= 0.3 is 5.97 Å². The van der Waals surface area contributed by atoms with E-state index in [2.05, 4.69) is 24.4 Å². The zero-order chi connectivity index (χ0) is 13.7. The quantitative estimate of drug-likeness (QED) is 0.828. The normalized spacial score (nSPS) is 19.1. The van der Waals surface area contributed by atoms with Crippen molar-refractivity contribution >= 4 is 5.97 Å². The van der Waals surface area contributed by atoms with E-state index in [0.717, 1.165) is 12.8 Å². The maximum Gasteiger partial charge on any atom is 0.323 e. The van der Waals surface area contributed by atoms with Gasteiger partial charge in [0.2, 0.25) is 0 Å². The lowest BCUT2D eigenvalue weighted by molar-refractivity contribution is -0.143. The van der Waals surface area contributed by atoms with Gasteiger partial charge in [-0.15, -0.1) is 0 Å². The smallest absolute Gasteiger partial charge is 0.323 e. The molecular weight excluding hydrogens is 238 g/mol. The fourth-order valence-corrected chi connectivity index (χ4v) is 2.84. The first kappa shape index (κ1) is 14.1. The zero-order valence-electron chi connectivity index (χ0n) is 11.8. The minimum Gasteiger partial charge on any atom is -0.468 e. The highest BCUT2D eigenvalue weighted by molar-refractivity contribution is 5.77. The lowest BCUT2D eigenvalue weighted by Crippen LogP contribution is -2.46. The Bertz CT molecular complexity index is 398. The number of benzene rings is 1. The maximum absolute atomic E-state index is 12.0. The van der Waals surface area contributed by atoms with Crippen molar-refractivity contribution in [2.75, 3.05) is 7.11 Å². The van der Waals surface area contributed by atoms with E-state index >= 15 is 0 Å². The second-order valence-electron chi connectivity index (χ2n) is 5.35. The van der Waals surface area contributed by atoms with E-state index in [-0.39, 0.29) is 17.9 Å². The molecule has 0 aromatic heterocycles. The van der Waals surface area contributed by atoms with Gasteiger partial charge in [-0.2, -0.15) is 0 Å². The third kappa shape index (κ3) is 3.57. The summed E-state index contributed by atoms with van der Waals surface area (Å²) in [7, 11) is 1.46. The van der Waals surface area contributed by atoms with Gasteiger partial charge in [0.05, 0.1) is 7.11 Å². The second kappa shape index (κ2) is 6.71. The van der Waals surface area contributed by atoms with Crippen molar-refractivity contribution in [3.05, 3.63) is 35.9 Å². The Kier molecular flexibility index (Phi) is 4.97. The van der Waals surface area contributed by atoms with Crippen molar-refractivity contribution in [1.82, 2.24) is 5.32 Å². The molecule has 1 aromatic carbocycles. The minimum atomic E-state index is -0.254. The molecule has 0 radical (unpaired) electrons. The number of carbonyl (C=O) groups excluding carboxylic acids is 1. The zero-order valence-corrected chi connectivity index (χ0v) is 11.8. The summed E-state index contributed by atoms with van der Waals surface area (Å²) >= 11 is 0. The average molecular weight is 261 g/mol. The lowest BCUT2D eigenvalue weighted by atomic mass is 9.92. The summed E-state index contributed by atoms with van der Waals surface area (Å²) in [5.74, 6) is -0.0440. The highest BCUT2D eigenvalue weighted by Crippen LogP contribution is 2.24. The number of ether oxygens (including phenoxy) is 1. The number of methoxy groups -OCH3 is 1. The Balaban J connectivity index is 2.10. The molecule has 1 aromatic rings. The third-order valence-electron chi connectivity index (χ3n) is 4.05. The van der Waals surface area contributed by atoms with Gasteiger partial charge in [0.25, 0.3) is 0 Å². The molecule has 0 spiro atoms. The minimum absolute atomic E-state index is 0.120. The fraction of sp³-hybridized carbons (Fsp3) is 0.562. The van der Waals surface area contributed by atoms with Crippen LogP contribution in [0.15, 0.2) is 30.3 Å². The Labute approximate surface area is 115 Å². The van der Waals surface area contributed by atoms with Crippen molar-refractivity contribution in [3.63, 3.8) is 0 Å². The Morgan fingerprint density at radius 3 is 2.47 bits per heavy atom. The largest absolute Gasteiger partial charge is 0.468 e. The van der Waals surface area contributed by atoms with Gasteiger partial charge < -0.3 is 10.1 Å². The molecule has 0 heterocycles. The molecule has 1 aliphatic carbocycles. The van der Waals surface area contributed by atoms with E-state index in [1.165, 1.54) is 25.5 Å². The average Bonchev–Trinajstić information content (AvgIpc) is 2.97. The van der Waals surface area contributed by atoms with Crippen LogP contribution in [0.5, 0.6) is 0 Å². The van der Waals surface area contributed by atoms with E-state index < -0.39 is 0 Å². The monoisotopic (exact) mass is 261 g/mol. The molecule has 0 saturated heterocycles. The first-order chi connectivity index (χ1) is 9.22. The summed E-state index contributed by atoms with van der Waals surface area (Å²) in [4.78, 5) is 12.0. The molecule has 2 atom stereocenters. The molecule has 3 heteroatoms. The maximum atomic E-state index is 12.0. The molecule has 1 N–H and O–H groups in total. The third-order valence-corrected chi connectivity index (χ3v) is 4.05. The van der Waals surface area contributed by atoms with Crippen LogP contribution in [-0.2, 0) is 9.53 Å². The lowest BCUT2D eigenvalue weighted by Gasteiger charge is -2.26. The number of hydrogen-bond acceptors (Lipinski definition) is 3. The first-order valence-electron chi connectivity index (χ1n) is 7.11. The van der Waals surface area contributed by atoms with E-state index in [9.17, 15) is 4.79 Å². The summed E-state index contributed by atoms with van der Waals surface area (Å²) in [5.41, 5.74) is 1.17. The number of esters is 1. The van der Waals surface area contributed by atoms with Crippen LogP contribution in [0.25, 0.3) is 0 Å². The van der Waals surface area contributed by atoms with Crippen LogP contribution in [-0.4, -0.2) is 25.2 Å². The van der Waals surface area contributed by atoms with Gasteiger partial charge in [-0.1, -0.05) is 50.1 Å². The van der Waals surface area contributed by atoms with Gasteiger partial charge in [0.15, 0.2) is 0 Å². The molecule has 3 nitrogen and oxygen atoms in total. The summed E-state index contributed by atoms with van der Waals surface area (Å²) in [6.07, 6.45) is 4.83. The van der Waals surface area contributed by atoms with Crippen LogP contribution < -0.4 is 5.32 Å². The highest BCUT2D eigenvalue weighted by Gasteiger charge is 2.30. The molecule has 104 valence electrons. The fourth-order valence-electron chi connectivity index (χ4n) is 2.84. The van der Waals surface area contributed by atoms with Crippen molar-refractivity contribution in [2.24, 2.45) is 0 Å². The summed E-state index contributed by atoms with van der Waals surface area (Å²) in [5, 5.41) is 3.49. The number of carbonyl (C=O) groups is 1. The molecule has 1 fully saturated rings. The van der Waals surface area contributed by atoms with Gasteiger partial charge in [-0.05, 0) is 18.4 Å². The van der Waals surface area contributed by atoms with Crippen LogP contribution in [0.4, 0.5) is 0 Å². The van der Waals surface area contributed by atoms with Crippen LogP contribution in [0.3, 0.4) is 0 Å². The van der Waals surface area contributed by atoms with E-state index in [4.69, 9.17) is 4.74 Å². The molecule has 0 aliphatic heterocycles. The Morgan fingerprint density at radius 2 is 1.89 bits per heavy atom. The molecule has 2 unspecified atom stereocenters. The van der Waals surface area contributed by atoms with Crippen molar-refractivity contribution in [1.29, 1.82) is 0 Å². The van der Waals surface area contributed by atoms with Crippen molar-refractivity contribution in [2.45, 2.75) is 50.6 Å². The Hall–Kier alpha value is -1.35. The second-order valence-corrected chi connectivity index (χ2v) is 5.35. The number of hydrogen-bond donors (Lipinski definition) is 1. The number of rotatable bonds is 5. The van der Waals surface area contributed by atoms with Crippen molar-refractivity contribution < 1.29 is 9.53 Å². The topological polar surface area (TPSA) is 38.3 Å². The molecule has 19 heavy (non-hydrogen) atoms. The predicted molar refractivity (Wildman–Crippen MR) is 76.1 cm³/mol. The van der Waals surface area contributed by atoms with Crippen LogP contribution in [0.2, 0.25) is 0 Å². The van der Waals surface area contributed by atoms with Gasteiger partial charge in [0.1, 0.15) is 6.04 Å². The predicted octanol–water partition coefficient (Wildman–Crippen LogP) is 2.86. The van der Waals surface area contributed by atoms with Crippen LogP contribution >= 0.6 is 0 Å². The first-order valence-corrected chi connectivity index (χ1v) is 7.11. The SMILES string of the molecule is COC(=O)C(NC1CCCC1)C(C)c1ccccc1. The van der Waals surface area contributed by atoms with Crippen molar-refractivity contribution in [3.8, 4) is 0 Å². The summed E-state index contributed by atoms with van der Waals surface area (Å²) in [6, 6.07) is 10.3. The molecule has 1 aliphatic rings. The number of nitrogens with one attached hydrogen (secondary N) is 1. The van der Waals surface area contributed by atoms with E-state index in [1.807, 2.05) is 18.2 Å². The Morgan fingerprint density at radius 1 is 1.26 bits per heavy atom. The molecular formula is C16H23NO2. The molecule has 1 saturated carbocycles.